The number of carbonyl (C=O) groups excluding carboxylic acids is 1. The SMILES string of the molecule is Cc1cc([C@H]2CCCN2C(=O)Nc2ccnn2CC2CCCCC2)no1. The summed E-state index contributed by atoms with van der Waals surface area (Å²) in [6.07, 6.45) is 10.1. The lowest BCUT2D eigenvalue weighted by Crippen LogP contribution is -2.35. The summed E-state index contributed by atoms with van der Waals surface area (Å²) in [7, 11) is 0. The molecule has 0 bridgehead atoms. The number of aromatic nitrogens is 3. The van der Waals surface area contributed by atoms with Crippen molar-refractivity contribution in [3.05, 3.63) is 29.8 Å². The molecule has 140 valence electrons. The molecule has 1 saturated heterocycles. The molecular formula is C19H27N5O2. The van der Waals surface area contributed by atoms with Gasteiger partial charge in [-0.3, -0.25) is 5.32 Å². The fourth-order valence-electron chi connectivity index (χ4n) is 4.24. The van der Waals surface area contributed by atoms with E-state index in [-0.39, 0.29) is 12.1 Å². The van der Waals surface area contributed by atoms with Gasteiger partial charge >= 0.3 is 6.03 Å². The molecule has 2 aromatic heterocycles. The van der Waals surface area contributed by atoms with E-state index in [1.165, 1.54) is 32.1 Å². The van der Waals surface area contributed by atoms with Crippen LogP contribution in [0.4, 0.5) is 10.6 Å². The Morgan fingerprint density at radius 3 is 2.88 bits per heavy atom. The van der Waals surface area contributed by atoms with Gasteiger partial charge in [0.15, 0.2) is 0 Å². The van der Waals surface area contributed by atoms with Crippen LogP contribution in [-0.2, 0) is 6.54 Å². The van der Waals surface area contributed by atoms with Crippen molar-refractivity contribution >= 4 is 11.8 Å². The minimum atomic E-state index is -0.0847. The first-order valence-electron chi connectivity index (χ1n) is 9.73. The molecule has 1 saturated carbocycles. The van der Waals surface area contributed by atoms with E-state index in [1.807, 2.05) is 28.6 Å². The molecule has 0 aromatic carbocycles. The number of hydrogen-bond donors (Lipinski definition) is 1. The number of likely N-dealkylation sites (tertiary alicyclic amines) is 1. The highest BCUT2D eigenvalue weighted by Crippen LogP contribution is 2.32. The smallest absolute Gasteiger partial charge is 0.323 e. The zero-order chi connectivity index (χ0) is 17.9. The molecular weight excluding hydrogens is 330 g/mol. The highest BCUT2D eigenvalue weighted by atomic mass is 16.5. The summed E-state index contributed by atoms with van der Waals surface area (Å²) >= 11 is 0. The van der Waals surface area contributed by atoms with Crippen LogP contribution >= 0.6 is 0 Å². The zero-order valence-corrected chi connectivity index (χ0v) is 15.4. The van der Waals surface area contributed by atoms with E-state index in [9.17, 15) is 4.79 Å². The van der Waals surface area contributed by atoms with Crippen LogP contribution in [0.2, 0.25) is 0 Å². The van der Waals surface area contributed by atoms with Crippen molar-refractivity contribution in [2.45, 2.75) is 64.5 Å². The maximum atomic E-state index is 12.9. The van der Waals surface area contributed by atoms with E-state index in [4.69, 9.17) is 4.52 Å². The Bertz CT molecular complexity index is 747. The average Bonchev–Trinajstić information content (AvgIpc) is 3.37. The third-order valence-electron chi connectivity index (χ3n) is 5.61. The molecule has 2 aromatic rings. The van der Waals surface area contributed by atoms with Gasteiger partial charge in [-0.2, -0.15) is 5.10 Å². The summed E-state index contributed by atoms with van der Waals surface area (Å²) in [6, 6.07) is 3.70. The maximum absolute atomic E-state index is 12.9. The van der Waals surface area contributed by atoms with Crippen LogP contribution in [0.5, 0.6) is 0 Å². The Morgan fingerprint density at radius 2 is 2.12 bits per heavy atom. The Hall–Kier alpha value is -2.31. The van der Waals surface area contributed by atoms with Gasteiger partial charge in [0.2, 0.25) is 0 Å². The topological polar surface area (TPSA) is 76.2 Å². The van der Waals surface area contributed by atoms with Crippen LogP contribution in [0.15, 0.2) is 22.9 Å². The number of nitrogens with zero attached hydrogens (tertiary/aromatic N) is 4. The molecule has 1 aliphatic carbocycles. The van der Waals surface area contributed by atoms with Gasteiger partial charge in [0.25, 0.3) is 0 Å². The van der Waals surface area contributed by atoms with E-state index in [0.717, 1.165) is 43.2 Å². The van der Waals surface area contributed by atoms with Gasteiger partial charge in [-0.05, 0) is 38.5 Å². The fourth-order valence-corrected chi connectivity index (χ4v) is 4.24. The molecule has 2 fully saturated rings. The van der Waals surface area contributed by atoms with Gasteiger partial charge < -0.3 is 9.42 Å². The first kappa shape index (κ1) is 17.1. The summed E-state index contributed by atoms with van der Waals surface area (Å²) in [5.74, 6) is 2.22. The lowest BCUT2D eigenvalue weighted by molar-refractivity contribution is 0.204. The minimum absolute atomic E-state index is 0.0119. The quantitative estimate of drug-likeness (QED) is 0.892. The lowest BCUT2D eigenvalue weighted by atomic mass is 9.89. The first-order chi connectivity index (χ1) is 12.7. The number of rotatable bonds is 4. The maximum Gasteiger partial charge on any atom is 0.323 e. The minimum Gasteiger partial charge on any atom is -0.361 e. The average molecular weight is 357 g/mol. The summed E-state index contributed by atoms with van der Waals surface area (Å²) in [5, 5.41) is 11.6. The molecule has 26 heavy (non-hydrogen) atoms. The summed E-state index contributed by atoms with van der Waals surface area (Å²) in [4.78, 5) is 14.7. The van der Waals surface area contributed by atoms with Crippen molar-refractivity contribution in [2.75, 3.05) is 11.9 Å². The number of anilines is 1. The fraction of sp³-hybridized carbons (Fsp3) is 0.632. The van der Waals surface area contributed by atoms with E-state index in [1.54, 1.807) is 6.20 Å². The van der Waals surface area contributed by atoms with Crippen LogP contribution in [0.1, 0.15) is 62.4 Å². The predicted octanol–water partition coefficient (Wildman–Crippen LogP) is 4.13. The number of urea groups is 1. The number of amides is 2. The van der Waals surface area contributed by atoms with Gasteiger partial charge in [-0.25, -0.2) is 9.48 Å². The van der Waals surface area contributed by atoms with Crippen LogP contribution in [0.3, 0.4) is 0 Å². The van der Waals surface area contributed by atoms with Gasteiger partial charge in [0, 0.05) is 25.2 Å². The molecule has 2 amide bonds. The van der Waals surface area contributed by atoms with Crippen LogP contribution < -0.4 is 5.32 Å². The second kappa shape index (κ2) is 7.51. The summed E-state index contributed by atoms with van der Waals surface area (Å²) in [6.45, 7) is 3.49. The van der Waals surface area contributed by atoms with Gasteiger partial charge in [-0.1, -0.05) is 24.4 Å². The largest absolute Gasteiger partial charge is 0.361 e. The van der Waals surface area contributed by atoms with Crippen molar-refractivity contribution in [1.82, 2.24) is 19.8 Å². The van der Waals surface area contributed by atoms with Gasteiger partial charge in [-0.15, -0.1) is 0 Å². The van der Waals surface area contributed by atoms with Crippen LogP contribution in [0, 0.1) is 12.8 Å². The number of carbonyl (C=O) groups is 1. The highest BCUT2D eigenvalue weighted by molar-refractivity contribution is 5.88. The summed E-state index contributed by atoms with van der Waals surface area (Å²) < 4.78 is 7.14. The third kappa shape index (κ3) is 3.61. The first-order valence-corrected chi connectivity index (χ1v) is 9.73. The number of aryl methyl sites for hydroxylation is 1. The Morgan fingerprint density at radius 1 is 1.27 bits per heavy atom. The molecule has 1 aliphatic heterocycles. The van der Waals surface area contributed by atoms with Crippen molar-refractivity contribution < 1.29 is 9.32 Å². The van der Waals surface area contributed by atoms with Crippen molar-refractivity contribution in [3.8, 4) is 0 Å². The van der Waals surface area contributed by atoms with E-state index in [0.29, 0.717) is 5.92 Å². The monoisotopic (exact) mass is 357 g/mol. The molecule has 0 radical (unpaired) electrons. The molecule has 1 N–H and O–H groups in total. The molecule has 3 heterocycles. The normalized spacial score (nSPS) is 21.3. The Kier molecular flexibility index (Phi) is 4.95. The molecule has 0 spiro atoms. The van der Waals surface area contributed by atoms with Crippen LogP contribution in [0.25, 0.3) is 0 Å². The molecule has 2 aliphatic rings. The molecule has 7 heteroatoms. The van der Waals surface area contributed by atoms with Crippen LogP contribution in [-0.4, -0.2) is 32.4 Å². The predicted molar refractivity (Wildman–Crippen MR) is 97.7 cm³/mol. The van der Waals surface area contributed by atoms with Gasteiger partial charge in [0.05, 0.1) is 12.2 Å². The molecule has 1 atom stereocenters. The summed E-state index contributed by atoms with van der Waals surface area (Å²) in [5.41, 5.74) is 0.839. The zero-order valence-electron chi connectivity index (χ0n) is 15.4. The second-order valence-electron chi connectivity index (χ2n) is 7.55. The van der Waals surface area contributed by atoms with E-state index < -0.39 is 0 Å². The molecule has 7 nitrogen and oxygen atoms in total. The Labute approximate surface area is 153 Å². The van der Waals surface area contributed by atoms with E-state index >= 15 is 0 Å². The number of nitrogens with one attached hydrogen (secondary N) is 1. The third-order valence-corrected chi connectivity index (χ3v) is 5.61. The van der Waals surface area contributed by atoms with Crippen molar-refractivity contribution in [2.24, 2.45) is 5.92 Å². The standard InChI is InChI=1S/C19H27N5O2/c1-14-12-16(22-26-14)17-8-5-11-23(17)19(25)21-18-9-10-20-24(18)13-15-6-3-2-4-7-15/h9-10,12,15,17H,2-8,11,13H2,1H3,(H,21,25)/t17-/m1/s1. The van der Waals surface area contributed by atoms with Crippen molar-refractivity contribution in [1.29, 1.82) is 0 Å². The van der Waals surface area contributed by atoms with Gasteiger partial charge in [0.1, 0.15) is 17.3 Å². The van der Waals surface area contributed by atoms with E-state index in [2.05, 4.69) is 15.6 Å². The van der Waals surface area contributed by atoms with Crippen molar-refractivity contribution in [3.63, 3.8) is 0 Å². The highest BCUT2D eigenvalue weighted by Gasteiger charge is 2.32. The molecule has 4 rings (SSSR count). The Balaban J connectivity index is 1.42. The number of hydrogen-bond acceptors (Lipinski definition) is 4. The lowest BCUT2D eigenvalue weighted by Gasteiger charge is -2.25. The second-order valence-corrected chi connectivity index (χ2v) is 7.55. The molecule has 0 unspecified atom stereocenters.